The Labute approximate surface area is 99.5 Å². The fraction of sp³-hybridized carbons (Fsp3) is 0.231. The standard InChI is InChI=1S/C13H14N2O2/c1-9-4-3-5-12(10(9)2)15-8-11(7-14-15)6-13(16)17/h3-5,7-8H,6H2,1-2H3,(H,16,17). The number of hydrogen-bond donors (Lipinski definition) is 1. The Morgan fingerprint density at radius 3 is 2.88 bits per heavy atom. The molecular weight excluding hydrogens is 216 g/mol. The van der Waals surface area contributed by atoms with Crippen LogP contribution in [0.3, 0.4) is 0 Å². The van der Waals surface area contributed by atoms with Gasteiger partial charge in [-0.25, -0.2) is 4.68 Å². The molecule has 1 aromatic carbocycles. The summed E-state index contributed by atoms with van der Waals surface area (Å²) < 4.78 is 1.72. The van der Waals surface area contributed by atoms with E-state index in [9.17, 15) is 4.79 Å². The van der Waals surface area contributed by atoms with Crippen molar-refractivity contribution in [2.45, 2.75) is 20.3 Å². The number of aliphatic carboxylic acids is 1. The van der Waals surface area contributed by atoms with Crippen LogP contribution in [-0.2, 0) is 11.2 Å². The average Bonchev–Trinajstić information content (AvgIpc) is 2.69. The van der Waals surface area contributed by atoms with Gasteiger partial charge in [-0.3, -0.25) is 4.79 Å². The van der Waals surface area contributed by atoms with Crippen LogP contribution in [-0.4, -0.2) is 20.9 Å². The highest BCUT2D eigenvalue weighted by atomic mass is 16.4. The van der Waals surface area contributed by atoms with E-state index in [4.69, 9.17) is 5.11 Å². The van der Waals surface area contributed by atoms with Gasteiger partial charge in [-0.15, -0.1) is 0 Å². The average molecular weight is 230 g/mol. The van der Waals surface area contributed by atoms with E-state index in [1.807, 2.05) is 32.0 Å². The van der Waals surface area contributed by atoms with Crippen molar-refractivity contribution in [3.05, 3.63) is 47.3 Å². The summed E-state index contributed by atoms with van der Waals surface area (Å²) in [6.07, 6.45) is 3.36. The zero-order valence-electron chi connectivity index (χ0n) is 9.84. The summed E-state index contributed by atoms with van der Waals surface area (Å²) in [5.41, 5.74) is 4.04. The Hall–Kier alpha value is -2.10. The highest BCUT2D eigenvalue weighted by Gasteiger charge is 2.07. The molecule has 0 aliphatic rings. The number of carbonyl (C=O) groups is 1. The van der Waals surface area contributed by atoms with Gasteiger partial charge in [0, 0.05) is 11.8 Å². The third-order valence-corrected chi connectivity index (χ3v) is 2.81. The van der Waals surface area contributed by atoms with Crippen LogP contribution in [0.4, 0.5) is 0 Å². The van der Waals surface area contributed by atoms with Crippen molar-refractivity contribution in [3.8, 4) is 5.69 Å². The minimum atomic E-state index is -0.842. The lowest BCUT2D eigenvalue weighted by Crippen LogP contribution is -2.00. The molecular formula is C13H14N2O2. The predicted molar refractivity (Wildman–Crippen MR) is 64.4 cm³/mol. The lowest BCUT2D eigenvalue weighted by molar-refractivity contribution is -0.136. The van der Waals surface area contributed by atoms with Crippen LogP contribution in [0.2, 0.25) is 0 Å². The summed E-state index contributed by atoms with van der Waals surface area (Å²) in [6, 6.07) is 5.98. The first kappa shape index (κ1) is 11.4. The second kappa shape index (κ2) is 4.41. The molecule has 1 aromatic heterocycles. The third-order valence-electron chi connectivity index (χ3n) is 2.81. The molecule has 1 N–H and O–H groups in total. The van der Waals surface area contributed by atoms with Gasteiger partial charge in [0.2, 0.25) is 0 Å². The maximum absolute atomic E-state index is 10.6. The molecule has 4 nitrogen and oxygen atoms in total. The minimum Gasteiger partial charge on any atom is -0.481 e. The molecule has 0 bridgehead atoms. The van der Waals surface area contributed by atoms with Crippen molar-refractivity contribution >= 4 is 5.97 Å². The summed E-state index contributed by atoms with van der Waals surface area (Å²) in [7, 11) is 0. The zero-order valence-corrected chi connectivity index (χ0v) is 9.84. The molecule has 1 heterocycles. The van der Waals surface area contributed by atoms with Crippen LogP contribution in [0.25, 0.3) is 5.69 Å². The number of rotatable bonds is 3. The van der Waals surface area contributed by atoms with Gasteiger partial charge in [0.25, 0.3) is 0 Å². The Morgan fingerprint density at radius 1 is 1.41 bits per heavy atom. The third kappa shape index (κ3) is 2.36. The van der Waals surface area contributed by atoms with E-state index < -0.39 is 5.97 Å². The van der Waals surface area contributed by atoms with Gasteiger partial charge < -0.3 is 5.11 Å². The fourth-order valence-electron chi connectivity index (χ4n) is 1.74. The van der Waals surface area contributed by atoms with E-state index in [0.29, 0.717) is 5.56 Å². The monoisotopic (exact) mass is 230 g/mol. The molecule has 0 spiro atoms. The second-order valence-electron chi connectivity index (χ2n) is 4.08. The highest BCUT2D eigenvalue weighted by molar-refractivity contribution is 5.69. The summed E-state index contributed by atoms with van der Waals surface area (Å²) in [4.78, 5) is 10.6. The summed E-state index contributed by atoms with van der Waals surface area (Å²) in [5.74, 6) is -0.842. The van der Waals surface area contributed by atoms with Crippen LogP contribution in [0.15, 0.2) is 30.6 Å². The molecule has 0 saturated heterocycles. The smallest absolute Gasteiger partial charge is 0.307 e. The number of carboxylic acid groups (broad SMARTS) is 1. The van der Waals surface area contributed by atoms with Crippen molar-refractivity contribution in [3.63, 3.8) is 0 Å². The number of nitrogens with zero attached hydrogens (tertiary/aromatic N) is 2. The molecule has 0 aliphatic carbocycles. The Kier molecular flexibility index (Phi) is 2.95. The number of aryl methyl sites for hydroxylation is 1. The van der Waals surface area contributed by atoms with Crippen LogP contribution in [0, 0.1) is 13.8 Å². The van der Waals surface area contributed by atoms with Gasteiger partial charge in [-0.2, -0.15) is 5.10 Å². The number of carboxylic acids is 1. The molecule has 17 heavy (non-hydrogen) atoms. The molecule has 0 amide bonds. The Balaban J connectivity index is 2.37. The van der Waals surface area contributed by atoms with Gasteiger partial charge in [0.05, 0.1) is 18.3 Å². The molecule has 0 unspecified atom stereocenters. The van der Waals surface area contributed by atoms with Gasteiger partial charge in [0.1, 0.15) is 0 Å². The van der Waals surface area contributed by atoms with Crippen molar-refractivity contribution < 1.29 is 9.90 Å². The molecule has 0 saturated carbocycles. The quantitative estimate of drug-likeness (QED) is 0.878. The number of benzene rings is 1. The lowest BCUT2D eigenvalue weighted by Gasteiger charge is -2.07. The van der Waals surface area contributed by atoms with E-state index in [0.717, 1.165) is 11.3 Å². The first-order valence-electron chi connectivity index (χ1n) is 5.40. The molecule has 2 rings (SSSR count). The van der Waals surface area contributed by atoms with Gasteiger partial charge in [-0.05, 0) is 31.0 Å². The Bertz CT molecular complexity index is 558. The second-order valence-corrected chi connectivity index (χ2v) is 4.08. The topological polar surface area (TPSA) is 55.1 Å². The maximum atomic E-state index is 10.6. The number of hydrogen-bond acceptors (Lipinski definition) is 2. The van der Waals surface area contributed by atoms with Crippen LogP contribution in [0.5, 0.6) is 0 Å². The predicted octanol–water partition coefficient (Wildman–Crippen LogP) is 2.12. The van der Waals surface area contributed by atoms with Crippen LogP contribution >= 0.6 is 0 Å². The summed E-state index contributed by atoms with van der Waals surface area (Å²) in [6.45, 7) is 4.07. The Morgan fingerprint density at radius 2 is 2.18 bits per heavy atom. The minimum absolute atomic E-state index is 0.00482. The van der Waals surface area contributed by atoms with E-state index in [-0.39, 0.29) is 6.42 Å². The molecule has 0 aliphatic heterocycles. The van der Waals surface area contributed by atoms with E-state index >= 15 is 0 Å². The van der Waals surface area contributed by atoms with Crippen molar-refractivity contribution in [2.75, 3.05) is 0 Å². The molecule has 2 aromatic rings. The van der Waals surface area contributed by atoms with Crippen LogP contribution < -0.4 is 0 Å². The van der Waals surface area contributed by atoms with Gasteiger partial charge in [0.15, 0.2) is 0 Å². The lowest BCUT2D eigenvalue weighted by atomic mass is 10.1. The summed E-state index contributed by atoms with van der Waals surface area (Å²) in [5, 5.41) is 12.9. The van der Waals surface area contributed by atoms with Crippen molar-refractivity contribution in [1.29, 1.82) is 0 Å². The van der Waals surface area contributed by atoms with E-state index in [1.54, 1.807) is 17.1 Å². The zero-order chi connectivity index (χ0) is 12.4. The fourth-order valence-corrected chi connectivity index (χ4v) is 1.74. The molecule has 0 atom stereocenters. The van der Waals surface area contributed by atoms with Crippen molar-refractivity contribution in [2.24, 2.45) is 0 Å². The molecule has 0 radical (unpaired) electrons. The van der Waals surface area contributed by atoms with E-state index in [1.165, 1.54) is 5.56 Å². The summed E-state index contributed by atoms with van der Waals surface area (Å²) >= 11 is 0. The SMILES string of the molecule is Cc1cccc(-n2cc(CC(=O)O)cn2)c1C. The molecule has 88 valence electrons. The number of aromatic nitrogens is 2. The first-order chi connectivity index (χ1) is 8.08. The normalized spacial score (nSPS) is 10.5. The van der Waals surface area contributed by atoms with Gasteiger partial charge in [-0.1, -0.05) is 12.1 Å². The largest absolute Gasteiger partial charge is 0.481 e. The highest BCUT2D eigenvalue weighted by Crippen LogP contribution is 2.17. The van der Waals surface area contributed by atoms with Crippen LogP contribution in [0.1, 0.15) is 16.7 Å². The molecule has 0 fully saturated rings. The maximum Gasteiger partial charge on any atom is 0.307 e. The van der Waals surface area contributed by atoms with Gasteiger partial charge >= 0.3 is 5.97 Å². The first-order valence-corrected chi connectivity index (χ1v) is 5.40. The van der Waals surface area contributed by atoms with Crippen molar-refractivity contribution in [1.82, 2.24) is 9.78 Å². The molecule has 4 heteroatoms. The van der Waals surface area contributed by atoms with E-state index in [2.05, 4.69) is 5.10 Å².